The van der Waals surface area contributed by atoms with Crippen molar-refractivity contribution in [3.8, 4) is 17.2 Å². The third kappa shape index (κ3) is 20.7. The van der Waals surface area contributed by atoms with Crippen LogP contribution in [0.15, 0.2) is 127 Å². The number of ether oxygens (including phenoxy) is 7. The molecule has 0 saturated carbocycles. The molecule has 0 saturated heterocycles. The molecule has 20 nitrogen and oxygen atoms in total. The second-order valence-corrected chi connectivity index (χ2v) is 27.6. The fourth-order valence-electron chi connectivity index (χ4n) is 13.8. The van der Waals surface area contributed by atoms with Crippen molar-refractivity contribution in [1.82, 2.24) is 45.6 Å². The number of aliphatic hydroxyl groups is 1. The molecule has 3 unspecified atom stereocenters. The quantitative estimate of drug-likeness (QED) is 0.0158. The third-order valence-corrected chi connectivity index (χ3v) is 19.5. The summed E-state index contributed by atoms with van der Waals surface area (Å²) >= 11 is 18.8. The Balaban J connectivity index is 0.000000168. The van der Waals surface area contributed by atoms with Crippen LogP contribution in [-0.2, 0) is 38.2 Å². The summed E-state index contributed by atoms with van der Waals surface area (Å²) in [4.78, 5) is 54.6. The molecule has 558 valence electrons. The molecular weight excluding hydrogens is 1380 g/mol. The largest absolute Gasteiger partial charge is 0.494 e. The number of fused-ring (bicyclic) bond motifs is 9. The van der Waals surface area contributed by atoms with E-state index in [0.29, 0.717) is 86.9 Å². The lowest BCUT2D eigenvalue weighted by atomic mass is 9.92. The predicted octanol–water partition coefficient (Wildman–Crippen LogP) is 16.5. The molecule has 23 heteroatoms. The Morgan fingerprint density at radius 3 is 1.10 bits per heavy atom. The second-order valence-electron chi connectivity index (χ2n) is 26.3. The second kappa shape index (κ2) is 39.8. The number of carbonyl (C=O) groups is 3. The lowest BCUT2D eigenvalue weighted by Gasteiger charge is -2.35. The minimum Gasteiger partial charge on any atom is -0.494 e. The highest BCUT2D eigenvalue weighted by molar-refractivity contribution is 6.32. The molecule has 3 aliphatic rings. The van der Waals surface area contributed by atoms with Crippen LogP contribution in [0.25, 0.3) is 32.7 Å². The summed E-state index contributed by atoms with van der Waals surface area (Å²) in [5.41, 5.74) is 12.7. The standard InChI is InChI=1S/C28H36ClN3O4.C27H34ClN3O3.C26H32ClN3O4/c1-3-35-28(33)32-16-13-23-24-19-21(29)9-12-25(24)31-26(23)27(32)20-7-10-22(11-8-20)36-18-5-4-14-30-15-6-17-34-2;1-4-33-27(32)31-15-13-22-23-17-20(28)9-12-24(23)30-25(22)26(31)19-7-10-21(11-8-19)34-16-6-5-14-29-18(2)3;1-2-33-26(32)30-14-11-21-22-17-19(27)7-10-23(22)29-24(21)25(30)18-5-8-20(9-6-18)34-16-4-3-12-28-13-15-31/h7-12,19,27,30-31H,3-6,13-18H2,1-2H3;7-12,17-18,26,29-30H,4-6,13-16H2,1-3H3;5-10,17,25,28-29,31H,2-4,11-16H2,1H3. The first kappa shape index (κ1) is 78.4. The first-order valence-electron chi connectivity index (χ1n) is 36.8. The number of hydrogen-bond acceptors (Lipinski definition) is 14. The van der Waals surface area contributed by atoms with Crippen LogP contribution in [0.1, 0.15) is 148 Å². The maximum absolute atomic E-state index is 12.9. The van der Waals surface area contributed by atoms with Gasteiger partial charge in [-0.15, -0.1) is 0 Å². The van der Waals surface area contributed by atoms with Crippen LogP contribution in [0.3, 0.4) is 0 Å². The Labute approximate surface area is 626 Å². The first-order valence-corrected chi connectivity index (χ1v) is 38.0. The van der Waals surface area contributed by atoms with Crippen molar-refractivity contribution in [3.63, 3.8) is 0 Å². The number of methoxy groups -OCH3 is 1. The van der Waals surface area contributed by atoms with E-state index in [0.717, 1.165) is 181 Å². The molecule has 9 aromatic rings. The predicted molar refractivity (Wildman–Crippen MR) is 414 cm³/mol. The number of aliphatic hydroxyl groups excluding tert-OH is 1. The molecule has 12 rings (SSSR count). The number of amides is 3. The number of rotatable bonds is 31. The van der Waals surface area contributed by atoms with Crippen molar-refractivity contribution in [2.24, 2.45) is 0 Å². The van der Waals surface area contributed by atoms with E-state index >= 15 is 0 Å². The lowest BCUT2D eigenvalue weighted by molar-refractivity contribution is 0.0924. The summed E-state index contributed by atoms with van der Waals surface area (Å²) in [7, 11) is 1.73. The van der Waals surface area contributed by atoms with Gasteiger partial charge in [-0.3, -0.25) is 14.7 Å². The molecular formula is C81H102Cl3N9O11. The molecule has 0 fully saturated rings. The number of hydrogen-bond donors (Lipinski definition) is 7. The number of carbonyl (C=O) groups excluding carboxylic acids is 3. The molecule has 3 atom stereocenters. The number of unbranched alkanes of at least 4 members (excludes halogenated alkanes) is 3. The van der Waals surface area contributed by atoms with E-state index < -0.39 is 0 Å². The molecule has 3 aliphatic heterocycles. The number of H-pyrrole nitrogens is 3. The lowest BCUT2D eigenvalue weighted by Crippen LogP contribution is -2.40. The molecule has 7 N–H and O–H groups in total. The molecule has 6 heterocycles. The van der Waals surface area contributed by atoms with Crippen LogP contribution in [-0.4, -0.2) is 171 Å². The van der Waals surface area contributed by atoms with Crippen LogP contribution in [0.2, 0.25) is 15.1 Å². The molecule has 104 heavy (non-hydrogen) atoms. The maximum atomic E-state index is 12.9. The smallest absolute Gasteiger partial charge is 0.410 e. The number of aromatic nitrogens is 3. The zero-order valence-electron chi connectivity index (χ0n) is 60.8. The highest BCUT2D eigenvalue weighted by Crippen LogP contribution is 2.44. The highest BCUT2D eigenvalue weighted by Gasteiger charge is 2.39. The van der Waals surface area contributed by atoms with Gasteiger partial charge in [-0.25, -0.2) is 14.4 Å². The van der Waals surface area contributed by atoms with Gasteiger partial charge in [0.2, 0.25) is 0 Å². The SMILES string of the molecule is CCOC(=O)N1CCc2c([nH]c3ccc(Cl)cc23)C1c1ccc(OCCCCNC(C)C)cc1.CCOC(=O)N1CCc2c([nH]c3ccc(Cl)cc23)C1c1ccc(OCCCCNCCCOC)cc1.CCOC(=O)N1CCc2c([nH]c3ccc(Cl)cc23)C1c1ccc(OCCCCNCCO)cc1. The zero-order valence-corrected chi connectivity index (χ0v) is 63.1. The summed E-state index contributed by atoms with van der Waals surface area (Å²) in [5.74, 6) is 2.46. The van der Waals surface area contributed by atoms with Gasteiger partial charge in [0.05, 0.1) is 46.2 Å². The summed E-state index contributed by atoms with van der Waals surface area (Å²) in [5, 5.41) is 24.2. The van der Waals surface area contributed by atoms with Crippen molar-refractivity contribution in [2.75, 3.05) is 112 Å². The molecule has 6 aromatic carbocycles. The fourth-order valence-corrected chi connectivity index (χ4v) is 14.3. The number of halogens is 3. The van der Waals surface area contributed by atoms with E-state index in [1.54, 1.807) is 21.8 Å². The zero-order chi connectivity index (χ0) is 73.3. The Bertz CT molecular complexity index is 4190. The number of aromatic amines is 3. The average molecular weight is 1480 g/mol. The van der Waals surface area contributed by atoms with Crippen LogP contribution in [0.5, 0.6) is 17.2 Å². The van der Waals surface area contributed by atoms with Crippen molar-refractivity contribution in [3.05, 3.63) is 193 Å². The maximum Gasteiger partial charge on any atom is 0.410 e. The van der Waals surface area contributed by atoms with E-state index in [-0.39, 0.29) is 43.0 Å². The Kier molecular flexibility index (Phi) is 30.0. The van der Waals surface area contributed by atoms with Crippen molar-refractivity contribution in [2.45, 2.75) is 123 Å². The Morgan fingerprint density at radius 1 is 0.452 bits per heavy atom. The summed E-state index contributed by atoms with van der Waals surface area (Å²) in [6, 6.07) is 41.3. The van der Waals surface area contributed by atoms with Gasteiger partial charge in [-0.1, -0.05) is 85.0 Å². The first-order chi connectivity index (χ1) is 50.7. The number of nitrogens with one attached hydrogen (secondary N) is 6. The molecule has 0 bridgehead atoms. The minimum absolute atomic E-state index is 0.158. The molecule has 0 radical (unpaired) electrons. The summed E-state index contributed by atoms with van der Waals surface area (Å²) in [6.45, 7) is 19.9. The number of benzene rings is 6. The Hall–Kier alpha value is -8.18. The van der Waals surface area contributed by atoms with Crippen LogP contribution >= 0.6 is 34.8 Å². The molecule has 0 spiro atoms. The molecule has 3 aromatic heterocycles. The average Bonchev–Trinajstić information content (AvgIpc) is 1.60. The summed E-state index contributed by atoms with van der Waals surface area (Å²) < 4.78 is 39.0. The Morgan fingerprint density at radius 2 is 0.779 bits per heavy atom. The van der Waals surface area contributed by atoms with Crippen molar-refractivity contribution >= 4 is 85.8 Å². The van der Waals surface area contributed by atoms with Crippen molar-refractivity contribution in [1.29, 1.82) is 0 Å². The van der Waals surface area contributed by atoms with Gasteiger partial charge < -0.3 is 69.2 Å². The van der Waals surface area contributed by atoms with E-state index in [1.807, 2.05) is 148 Å². The van der Waals surface area contributed by atoms with E-state index in [2.05, 4.69) is 44.7 Å². The van der Waals surface area contributed by atoms with E-state index in [9.17, 15) is 14.4 Å². The van der Waals surface area contributed by atoms with Gasteiger partial charge in [0, 0.05) is 111 Å². The molecule has 3 amide bonds. The number of nitrogens with zero attached hydrogens (tertiary/aromatic N) is 3. The van der Waals surface area contributed by atoms with Gasteiger partial charge in [0.15, 0.2) is 0 Å². The van der Waals surface area contributed by atoms with Gasteiger partial charge >= 0.3 is 18.3 Å². The van der Waals surface area contributed by atoms with Gasteiger partial charge in [-0.2, -0.15) is 0 Å². The topological polar surface area (TPSA) is 229 Å². The van der Waals surface area contributed by atoms with Gasteiger partial charge in [0.1, 0.15) is 35.4 Å². The van der Waals surface area contributed by atoms with E-state index in [4.69, 9.17) is 73.1 Å². The normalized spacial score (nSPS) is 15.4. The van der Waals surface area contributed by atoms with Crippen molar-refractivity contribution < 1.29 is 52.6 Å². The van der Waals surface area contributed by atoms with Gasteiger partial charge in [-0.05, 0) is 236 Å². The minimum atomic E-state index is -0.315. The molecule has 0 aliphatic carbocycles. The third-order valence-electron chi connectivity index (χ3n) is 18.8. The summed E-state index contributed by atoms with van der Waals surface area (Å²) in [6.07, 6.45) is 8.39. The highest BCUT2D eigenvalue weighted by atomic mass is 35.5. The monoisotopic (exact) mass is 1480 g/mol. The van der Waals surface area contributed by atoms with Crippen LogP contribution in [0.4, 0.5) is 14.4 Å². The fraction of sp³-hybridized carbons (Fsp3) is 0.444. The van der Waals surface area contributed by atoms with Gasteiger partial charge in [0.25, 0.3) is 0 Å². The van der Waals surface area contributed by atoms with Crippen LogP contribution < -0.4 is 30.2 Å². The van der Waals surface area contributed by atoms with E-state index in [1.165, 1.54) is 16.7 Å². The van der Waals surface area contributed by atoms with Crippen LogP contribution in [0, 0.1) is 0 Å².